The highest BCUT2D eigenvalue weighted by atomic mass is 32.2. The number of esters is 2. The van der Waals surface area contributed by atoms with E-state index >= 15 is 0 Å². The zero-order chi connectivity index (χ0) is 38.6. The molecule has 288 valence electrons. The molecule has 16 nitrogen and oxygen atoms in total. The van der Waals surface area contributed by atoms with Crippen LogP contribution < -0.4 is 29.0 Å². The topological polar surface area (TPSA) is 195 Å². The number of piperazine rings is 1. The lowest BCUT2D eigenvalue weighted by Crippen LogP contribution is -2.69. The SMILES string of the molecule is COCOc1c(OC)c(C)cc2c1[C@@H]1C3[C@@H]4SCC(NC(=O)CCC(=O)O)C(=O)OC[C@@H](c5c6c(c(C)c(OC(C)=O)c54)OCO6)N3[C@@H](C#N)[C@H](C2)N1C. The van der Waals surface area contributed by atoms with Crippen molar-refractivity contribution in [3.05, 3.63) is 39.4 Å². The number of ether oxygens (including phenoxy) is 7. The molecule has 54 heavy (non-hydrogen) atoms. The Balaban J connectivity index is 1.48. The molecule has 5 aliphatic heterocycles. The minimum atomic E-state index is -1.14. The summed E-state index contributed by atoms with van der Waals surface area (Å²) in [5.41, 5.74) is 4.47. The fraction of sp³-hybridized carbons (Fsp3) is 0.541. The Labute approximate surface area is 315 Å². The highest BCUT2D eigenvalue weighted by Crippen LogP contribution is 2.64. The van der Waals surface area contributed by atoms with Crippen molar-refractivity contribution in [3.63, 3.8) is 0 Å². The molecule has 7 rings (SSSR count). The molecule has 0 aromatic heterocycles. The second-order valence-corrected chi connectivity index (χ2v) is 15.1. The zero-order valence-electron chi connectivity index (χ0n) is 30.8. The van der Waals surface area contributed by atoms with Crippen LogP contribution in [0.1, 0.15) is 70.5 Å². The molecule has 2 fully saturated rings. The lowest BCUT2D eigenvalue weighted by molar-refractivity contribution is -0.152. The maximum absolute atomic E-state index is 13.7. The number of thioether (sulfide) groups is 1. The van der Waals surface area contributed by atoms with Crippen LogP contribution in [0.4, 0.5) is 0 Å². The second-order valence-electron chi connectivity index (χ2n) is 13.9. The first-order valence-electron chi connectivity index (χ1n) is 17.6. The molecule has 5 aliphatic rings. The van der Waals surface area contributed by atoms with E-state index in [0.717, 1.165) is 16.7 Å². The smallest absolute Gasteiger partial charge is 0.329 e. The number of carbonyl (C=O) groups excluding carboxylic acids is 3. The Kier molecular flexibility index (Phi) is 10.3. The number of benzene rings is 2. The Bertz CT molecular complexity index is 1950. The van der Waals surface area contributed by atoms with Crippen LogP contribution >= 0.6 is 11.8 Å². The highest BCUT2D eigenvalue weighted by molar-refractivity contribution is 7.99. The first-order valence-corrected chi connectivity index (χ1v) is 18.6. The number of fused-ring (bicyclic) bond motifs is 9. The molecule has 17 heteroatoms. The van der Waals surface area contributed by atoms with Crippen molar-refractivity contribution < 1.29 is 57.4 Å². The Morgan fingerprint density at radius 2 is 1.83 bits per heavy atom. The van der Waals surface area contributed by atoms with E-state index in [4.69, 9.17) is 38.3 Å². The van der Waals surface area contributed by atoms with Crippen molar-refractivity contribution >= 4 is 35.6 Å². The summed E-state index contributed by atoms with van der Waals surface area (Å²) in [6, 6.07) is 0.723. The number of methoxy groups -OCH3 is 2. The quantitative estimate of drug-likeness (QED) is 0.215. The molecule has 0 radical (unpaired) electrons. The van der Waals surface area contributed by atoms with Gasteiger partial charge in [0.1, 0.15) is 24.4 Å². The average molecular weight is 767 g/mol. The highest BCUT2D eigenvalue weighted by Gasteiger charge is 2.61. The first kappa shape index (κ1) is 37.6. The van der Waals surface area contributed by atoms with E-state index in [2.05, 4.69) is 27.3 Å². The molecule has 7 atom stereocenters. The van der Waals surface area contributed by atoms with E-state index in [9.17, 15) is 24.4 Å². The summed E-state index contributed by atoms with van der Waals surface area (Å²) in [4.78, 5) is 55.0. The molecule has 1 amide bonds. The summed E-state index contributed by atoms with van der Waals surface area (Å²) < 4.78 is 41.8. The molecule has 0 saturated carbocycles. The molecule has 2 aromatic rings. The summed E-state index contributed by atoms with van der Waals surface area (Å²) in [5, 5.41) is 22.3. The van der Waals surface area contributed by atoms with Crippen LogP contribution in [0.25, 0.3) is 0 Å². The lowest BCUT2D eigenvalue weighted by Gasteiger charge is -2.61. The number of aliphatic carboxylic acids is 1. The fourth-order valence-electron chi connectivity index (χ4n) is 8.79. The number of carboxylic acid groups (broad SMARTS) is 1. The monoisotopic (exact) mass is 766 g/mol. The number of hydrogen-bond acceptors (Lipinski definition) is 15. The normalized spacial score (nSPS) is 26.7. The van der Waals surface area contributed by atoms with E-state index in [1.807, 2.05) is 14.0 Å². The van der Waals surface area contributed by atoms with Gasteiger partial charge in [-0.25, -0.2) is 4.79 Å². The number of nitrogens with one attached hydrogen (secondary N) is 1. The molecule has 2 aromatic carbocycles. The summed E-state index contributed by atoms with van der Waals surface area (Å²) in [6.07, 6.45) is -0.229. The maximum atomic E-state index is 13.7. The molecular formula is C37H42N4O12S. The predicted octanol–water partition coefficient (Wildman–Crippen LogP) is 2.86. The summed E-state index contributed by atoms with van der Waals surface area (Å²) in [6.45, 7) is 4.64. The van der Waals surface area contributed by atoms with E-state index in [-0.39, 0.29) is 44.2 Å². The van der Waals surface area contributed by atoms with Crippen molar-refractivity contribution in [2.75, 3.05) is 47.2 Å². The summed E-state index contributed by atoms with van der Waals surface area (Å²) in [7, 11) is 5.09. The minimum absolute atomic E-state index is 0.00203. The number of nitriles is 1. The van der Waals surface area contributed by atoms with Gasteiger partial charge in [-0.3, -0.25) is 24.2 Å². The van der Waals surface area contributed by atoms with Gasteiger partial charge in [0.25, 0.3) is 0 Å². The fourth-order valence-corrected chi connectivity index (χ4v) is 10.3. The van der Waals surface area contributed by atoms with Gasteiger partial charge in [-0.15, -0.1) is 11.8 Å². The zero-order valence-corrected chi connectivity index (χ0v) is 31.6. The number of carbonyl (C=O) groups is 4. The number of rotatable bonds is 9. The van der Waals surface area contributed by atoms with Crippen molar-refractivity contribution in [3.8, 4) is 34.8 Å². The Morgan fingerprint density at radius 3 is 2.52 bits per heavy atom. The number of likely N-dealkylation sites (N-methyl/N-ethyl adjacent to an activating group) is 1. The minimum Gasteiger partial charge on any atom is -0.493 e. The molecule has 0 aliphatic carbocycles. The summed E-state index contributed by atoms with van der Waals surface area (Å²) >= 11 is 1.34. The van der Waals surface area contributed by atoms with Gasteiger partial charge in [0.05, 0.1) is 36.9 Å². The van der Waals surface area contributed by atoms with Gasteiger partial charge in [-0.1, -0.05) is 6.07 Å². The Morgan fingerprint density at radius 1 is 1.07 bits per heavy atom. The largest absolute Gasteiger partial charge is 0.493 e. The predicted molar refractivity (Wildman–Crippen MR) is 190 cm³/mol. The van der Waals surface area contributed by atoms with Gasteiger partial charge in [-0.05, 0) is 38.4 Å². The van der Waals surface area contributed by atoms with Crippen LogP contribution in [0.2, 0.25) is 0 Å². The van der Waals surface area contributed by atoms with Gasteiger partial charge in [0.15, 0.2) is 29.8 Å². The third-order valence-corrected chi connectivity index (χ3v) is 12.3. The number of amides is 1. The van der Waals surface area contributed by atoms with Crippen LogP contribution in [0.15, 0.2) is 6.07 Å². The number of carboxylic acids is 1. The molecule has 2 unspecified atom stereocenters. The molecular weight excluding hydrogens is 724 g/mol. The number of aryl methyl sites for hydroxylation is 1. The number of nitrogens with zero attached hydrogens (tertiary/aromatic N) is 3. The number of hydrogen-bond donors (Lipinski definition) is 2. The lowest BCUT2D eigenvalue weighted by atomic mass is 9.71. The third kappa shape index (κ3) is 6.14. The third-order valence-electron chi connectivity index (χ3n) is 10.9. The molecule has 5 heterocycles. The summed E-state index contributed by atoms with van der Waals surface area (Å²) in [5.74, 6) is -0.871. The van der Waals surface area contributed by atoms with Gasteiger partial charge < -0.3 is 43.6 Å². The van der Waals surface area contributed by atoms with Crippen LogP contribution in [-0.4, -0.2) is 110 Å². The van der Waals surface area contributed by atoms with Gasteiger partial charge in [0.2, 0.25) is 12.7 Å². The maximum Gasteiger partial charge on any atom is 0.329 e. The first-order chi connectivity index (χ1) is 25.9. The second kappa shape index (κ2) is 14.8. The van der Waals surface area contributed by atoms with E-state index < -0.39 is 65.7 Å². The molecule has 2 saturated heterocycles. The van der Waals surface area contributed by atoms with Crippen LogP contribution in [0.3, 0.4) is 0 Å². The van der Waals surface area contributed by atoms with Gasteiger partial charge in [-0.2, -0.15) is 5.26 Å². The van der Waals surface area contributed by atoms with Crippen molar-refractivity contribution in [1.82, 2.24) is 15.1 Å². The Hall–Kier alpha value is -4.76. The van der Waals surface area contributed by atoms with Crippen molar-refractivity contribution in [2.24, 2.45) is 0 Å². The van der Waals surface area contributed by atoms with Crippen molar-refractivity contribution in [1.29, 1.82) is 5.26 Å². The van der Waals surface area contributed by atoms with Gasteiger partial charge >= 0.3 is 17.9 Å². The van der Waals surface area contributed by atoms with Crippen LogP contribution in [0.5, 0.6) is 28.7 Å². The standard InChI is InChI=1S/C37H42N4O12S/c1-16-9-19-10-21-22(11-38)41-23-12-49-37(46)20(39-24(43)7-8-25(44)45)13-54-36(28-27(23)35-33(51-15-52-35)17(2)32(28)53-18(3)42)30(41)29(40(21)4)26(19)34(31(16)48-6)50-14-47-5/h9,20-23,29-30,36H,7-8,10,12-15H2,1-6H3,(H,39,43)(H,44,45)/t20?,21-,22-,23-,29+,30?,36+/m0/s1. The van der Waals surface area contributed by atoms with Crippen molar-refractivity contribution in [2.45, 2.75) is 81.5 Å². The van der Waals surface area contributed by atoms with E-state index in [1.54, 1.807) is 14.0 Å². The molecule has 0 spiro atoms. The average Bonchev–Trinajstić information content (AvgIpc) is 3.62. The molecule has 2 N–H and O–H groups in total. The van der Waals surface area contributed by atoms with E-state index in [0.29, 0.717) is 46.1 Å². The van der Waals surface area contributed by atoms with E-state index in [1.165, 1.54) is 25.8 Å². The van der Waals surface area contributed by atoms with Crippen LogP contribution in [0, 0.1) is 25.2 Å². The number of cyclic esters (lactones) is 1. The molecule has 4 bridgehead atoms. The van der Waals surface area contributed by atoms with Gasteiger partial charge in [0, 0.05) is 60.5 Å². The van der Waals surface area contributed by atoms with Crippen LogP contribution in [-0.2, 0) is 35.1 Å².